The van der Waals surface area contributed by atoms with E-state index in [2.05, 4.69) is 11.9 Å². The Morgan fingerprint density at radius 1 is 1.43 bits per heavy atom. The second-order valence-corrected chi connectivity index (χ2v) is 8.31. The van der Waals surface area contributed by atoms with Crippen molar-refractivity contribution in [3.05, 3.63) is 21.7 Å². The van der Waals surface area contributed by atoms with E-state index in [-0.39, 0.29) is 6.10 Å². The van der Waals surface area contributed by atoms with Crippen LogP contribution in [-0.2, 0) is 0 Å². The van der Waals surface area contributed by atoms with Gasteiger partial charge in [-0.1, -0.05) is 19.8 Å². The standard InChI is InChI=1S/C19H31NO2S/c1-13(11-21)5-4-6-16-7-8-17(16)10-19(22)14(2)9-18-12-23-15(3)20-18/h9,12-13,16-17,19,21-22H,4-8,10-11H2,1-3H3/b14-9+/t13-,16+,17-,19-/m0/s1. The topological polar surface area (TPSA) is 53.4 Å². The fourth-order valence-corrected chi connectivity index (χ4v) is 3.97. The quantitative estimate of drug-likeness (QED) is 0.701. The first-order valence-corrected chi connectivity index (χ1v) is 9.76. The second kappa shape index (κ2) is 8.95. The second-order valence-electron chi connectivity index (χ2n) is 7.25. The number of thiazole rings is 1. The molecule has 0 bridgehead atoms. The molecule has 0 amide bonds. The molecule has 0 spiro atoms. The van der Waals surface area contributed by atoms with Crippen molar-refractivity contribution < 1.29 is 10.2 Å². The molecule has 2 N–H and O–H groups in total. The molecule has 1 aliphatic carbocycles. The Kier molecular flexibility index (Phi) is 7.25. The SMILES string of the molecule is C/C(=C\c1csc(C)n1)[C@@H](O)C[C@@H]1CC[C@H]1CCC[C@H](C)CO. The van der Waals surface area contributed by atoms with Crippen molar-refractivity contribution in [3.8, 4) is 0 Å². The number of rotatable bonds is 9. The van der Waals surface area contributed by atoms with E-state index in [0.29, 0.717) is 18.4 Å². The summed E-state index contributed by atoms with van der Waals surface area (Å²) < 4.78 is 0. The van der Waals surface area contributed by atoms with E-state index in [9.17, 15) is 5.11 Å². The normalized spacial score (nSPS) is 24.3. The van der Waals surface area contributed by atoms with Crippen molar-refractivity contribution in [1.29, 1.82) is 0 Å². The molecule has 1 saturated carbocycles. The number of aliphatic hydroxyl groups excluding tert-OH is 2. The molecule has 0 saturated heterocycles. The van der Waals surface area contributed by atoms with E-state index in [1.807, 2.05) is 25.3 Å². The van der Waals surface area contributed by atoms with Crippen LogP contribution in [0.25, 0.3) is 6.08 Å². The summed E-state index contributed by atoms with van der Waals surface area (Å²) in [5.74, 6) is 1.85. The van der Waals surface area contributed by atoms with Gasteiger partial charge in [-0.25, -0.2) is 4.98 Å². The van der Waals surface area contributed by atoms with Gasteiger partial charge in [-0.3, -0.25) is 0 Å². The lowest BCUT2D eigenvalue weighted by molar-refractivity contribution is 0.0869. The Hall–Kier alpha value is -0.710. The van der Waals surface area contributed by atoms with Gasteiger partial charge in [0.15, 0.2) is 0 Å². The minimum atomic E-state index is -0.346. The average Bonchev–Trinajstić information content (AvgIpc) is 2.92. The van der Waals surface area contributed by atoms with E-state index in [1.54, 1.807) is 11.3 Å². The fraction of sp³-hybridized carbons (Fsp3) is 0.737. The highest BCUT2D eigenvalue weighted by Crippen LogP contribution is 2.41. The Morgan fingerprint density at radius 2 is 2.17 bits per heavy atom. The van der Waals surface area contributed by atoms with Crippen LogP contribution < -0.4 is 0 Å². The van der Waals surface area contributed by atoms with Crippen molar-refractivity contribution in [2.75, 3.05) is 6.61 Å². The molecule has 4 atom stereocenters. The molecule has 0 aliphatic heterocycles. The first-order chi connectivity index (χ1) is 11.0. The molecule has 0 radical (unpaired) electrons. The predicted octanol–water partition coefficient (Wildman–Crippen LogP) is 4.43. The smallest absolute Gasteiger partial charge is 0.0901 e. The van der Waals surface area contributed by atoms with Gasteiger partial charge in [-0.05, 0) is 68.9 Å². The summed E-state index contributed by atoms with van der Waals surface area (Å²) in [5, 5.41) is 22.7. The van der Waals surface area contributed by atoms with Gasteiger partial charge in [0.2, 0.25) is 0 Å². The van der Waals surface area contributed by atoms with Crippen LogP contribution in [0, 0.1) is 24.7 Å². The molecule has 23 heavy (non-hydrogen) atoms. The zero-order chi connectivity index (χ0) is 16.8. The van der Waals surface area contributed by atoms with E-state index in [4.69, 9.17) is 5.11 Å². The third-order valence-electron chi connectivity index (χ3n) is 5.22. The molecule has 1 aromatic rings. The summed E-state index contributed by atoms with van der Waals surface area (Å²) >= 11 is 1.65. The summed E-state index contributed by atoms with van der Waals surface area (Å²) in [5.41, 5.74) is 1.99. The van der Waals surface area contributed by atoms with Crippen LogP contribution in [0.3, 0.4) is 0 Å². The van der Waals surface area contributed by atoms with Crippen LogP contribution in [0.2, 0.25) is 0 Å². The van der Waals surface area contributed by atoms with E-state index in [1.165, 1.54) is 25.7 Å². The van der Waals surface area contributed by atoms with Crippen molar-refractivity contribution in [3.63, 3.8) is 0 Å². The third-order valence-corrected chi connectivity index (χ3v) is 6.01. The highest BCUT2D eigenvalue weighted by Gasteiger charge is 2.32. The molecule has 3 nitrogen and oxygen atoms in total. The third kappa shape index (κ3) is 5.70. The highest BCUT2D eigenvalue weighted by atomic mass is 32.1. The van der Waals surface area contributed by atoms with Crippen molar-refractivity contribution in [2.24, 2.45) is 17.8 Å². The Bertz CT molecular complexity index is 511. The number of aryl methyl sites for hydroxylation is 1. The Morgan fingerprint density at radius 3 is 2.74 bits per heavy atom. The van der Waals surface area contributed by atoms with Gasteiger partial charge < -0.3 is 10.2 Å². The molecular formula is C19H31NO2S. The summed E-state index contributed by atoms with van der Waals surface area (Å²) in [4.78, 5) is 4.44. The first-order valence-electron chi connectivity index (χ1n) is 8.88. The molecule has 1 fully saturated rings. The number of hydrogen-bond acceptors (Lipinski definition) is 4. The molecule has 2 rings (SSSR count). The van der Waals surface area contributed by atoms with E-state index >= 15 is 0 Å². The maximum atomic E-state index is 10.5. The zero-order valence-electron chi connectivity index (χ0n) is 14.7. The minimum Gasteiger partial charge on any atom is -0.396 e. The van der Waals surface area contributed by atoms with E-state index in [0.717, 1.165) is 35.0 Å². The Labute approximate surface area is 144 Å². The fourth-order valence-electron chi connectivity index (χ4n) is 3.40. The zero-order valence-corrected chi connectivity index (χ0v) is 15.5. The molecule has 4 heteroatoms. The molecule has 1 aliphatic rings. The van der Waals surface area contributed by atoms with Gasteiger partial charge in [0.1, 0.15) is 0 Å². The van der Waals surface area contributed by atoms with Gasteiger partial charge in [-0.2, -0.15) is 0 Å². The van der Waals surface area contributed by atoms with Gasteiger partial charge in [0.25, 0.3) is 0 Å². The van der Waals surface area contributed by atoms with Crippen molar-refractivity contribution in [2.45, 2.75) is 65.4 Å². The summed E-state index contributed by atoms with van der Waals surface area (Å²) in [6, 6.07) is 0. The van der Waals surface area contributed by atoms with Gasteiger partial charge in [-0.15, -0.1) is 11.3 Å². The van der Waals surface area contributed by atoms with E-state index < -0.39 is 0 Å². The average molecular weight is 338 g/mol. The maximum Gasteiger partial charge on any atom is 0.0901 e. The molecular weight excluding hydrogens is 306 g/mol. The van der Waals surface area contributed by atoms with Crippen LogP contribution in [0.15, 0.2) is 11.0 Å². The van der Waals surface area contributed by atoms with Gasteiger partial charge in [0.05, 0.1) is 16.8 Å². The van der Waals surface area contributed by atoms with Crippen LogP contribution >= 0.6 is 11.3 Å². The monoisotopic (exact) mass is 337 g/mol. The largest absolute Gasteiger partial charge is 0.396 e. The number of nitrogens with zero attached hydrogens (tertiary/aromatic N) is 1. The van der Waals surface area contributed by atoms with Crippen LogP contribution in [0.4, 0.5) is 0 Å². The number of aliphatic hydroxyl groups is 2. The maximum absolute atomic E-state index is 10.5. The van der Waals surface area contributed by atoms with Crippen LogP contribution in [0.5, 0.6) is 0 Å². The lowest BCUT2D eigenvalue weighted by atomic mass is 9.68. The summed E-state index contributed by atoms with van der Waals surface area (Å²) in [6.45, 7) is 6.42. The first kappa shape index (κ1) is 18.6. The number of hydrogen-bond donors (Lipinski definition) is 2. The lowest BCUT2D eigenvalue weighted by Gasteiger charge is -2.38. The minimum absolute atomic E-state index is 0.299. The summed E-state index contributed by atoms with van der Waals surface area (Å²) in [6.07, 6.45) is 8.67. The molecule has 1 heterocycles. The van der Waals surface area contributed by atoms with Crippen molar-refractivity contribution in [1.82, 2.24) is 4.98 Å². The Balaban J connectivity index is 1.76. The molecule has 0 aromatic carbocycles. The molecule has 0 unspecified atom stereocenters. The summed E-state index contributed by atoms with van der Waals surface area (Å²) in [7, 11) is 0. The highest BCUT2D eigenvalue weighted by molar-refractivity contribution is 7.09. The molecule has 1 aromatic heterocycles. The van der Waals surface area contributed by atoms with Gasteiger partial charge >= 0.3 is 0 Å². The number of aromatic nitrogens is 1. The van der Waals surface area contributed by atoms with Crippen LogP contribution in [-0.4, -0.2) is 27.9 Å². The lowest BCUT2D eigenvalue weighted by Crippen LogP contribution is -2.30. The molecule has 130 valence electrons. The van der Waals surface area contributed by atoms with Crippen LogP contribution in [0.1, 0.15) is 63.1 Å². The predicted molar refractivity (Wildman–Crippen MR) is 97.4 cm³/mol. The van der Waals surface area contributed by atoms with Gasteiger partial charge in [0, 0.05) is 12.0 Å². The van der Waals surface area contributed by atoms with Crippen molar-refractivity contribution >= 4 is 17.4 Å².